The van der Waals surface area contributed by atoms with Crippen molar-refractivity contribution in [2.75, 3.05) is 4.90 Å². The summed E-state index contributed by atoms with van der Waals surface area (Å²) in [5, 5.41) is 0. The summed E-state index contributed by atoms with van der Waals surface area (Å²) in [4.78, 5) is 2.41. The highest BCUT2D eigenvalue weighted by Gasteiger charge is 2.52. The predicted octanol–water partition coefficient (Wildman–Crippen LogP) is 15.5. The summed E-state index contributed by atoms with van der Waals surface area (Å²) in [6, 6.07) is 92.4. The van der Waals surface area contributed by atoms with E-state index < -0.39 is 10.8 Å². The number of para-hydroxylation sites is 1. The van der Waals surface area contributed by atoms with E-state index in [1.165, 1.54) is 89.0 Å². The zero-order valence-electron chi connectivity index (χ0n) is 34.6. The molecule has 0 radical (unpaired) electrons. The van der Waals surface area contributed by atoms with Crippen molar-refractivity contribution in [2.24, 2.45) is 0 Å². The molecule has 0 amide bonds. The molecule has 63 heavy (non-hydrogen) atoms. The topological polar surface area (TPSA) is 3.24 Å². The Balaban J connectivity index is 0.919. The Morgan fingerprint density at radius 1 is 0.222 bits per heavy atom. The highest BCUT2D eigenvalue weighted by molar-refractivity contribution is 5.96. The van der Waals surface area contributed by atoms with Crippen molar-refractivity contribution >= 4 is 17.1 Å². The second-order valence-corrected chi connectivity index (χ2v) is 17.1. The normalized spacial score (nSPS) is 14.0. The van der Waals surface area contributed by atoms with E-state index in [4.69, 9.17) is 0 Å². The minimum Gasteiger partial charge on any atom is -0.310 e. The van der Waals surface area contributed by atoms with Crippen LogP contribution in [-0.2, 0) is 10.8 Å². The van der Waals surface area contributed by atoms with Crippen LogP contribution >= 0.6 is 0 Å². The number of nitrogens with zero attached hydrogens (tertiary/aromatic N) is 1. The SMILES string of the molecule is c1ccc(N(c2ccc(-c3ccc(C4(c5ccccc5)c5ccccc5-c5ccccc54)cc3)cc2)c2ccc3c(c2)C2(c4ccccc4-c4ccccc42)c2ccccc2-3)cc1. The standard InChI is InChI=1S/C62H41N/c1-3-17-44(18-4-1)61(55-26-12-7-21-49(55)50-22-8-13-27-56(50)61)45-35-31-42(32-36-45)43-33-37-47(38-34-43)63(46-19-5-2-6-20-46)48-39-40-54-53-25-11-16-30-59(53)62(60(54)41-48)57-28-14-9-23-51(57)52-24-10-15-29-58(52)62/h1-41H. The second kappa shape index (κ2) is 13.8. The smallest absolute Gasteiger partial charge is 0.0726 e. The van der Waals surface area contributed by atoms with E-state index >= 15 is 0 Å². The molecule has 0 heterocycles. The molecule has 10 aromatic carbocycles. The van der Waals surface area contributed by atoms with Crippen LogP contribution in [0.15, 0.2) is 249 Å². The average molecular weight is 800 g/mol. The van der Waals surface area contributed by atoms with Crippen LogP contribution < -0.4 is 4.90 Å². The lowest BCUT2D eigenvalue weighted by atomic mass is 9.67. The van der Waals surface area contributed by atoms with Gasteiger partial charge in [0.05, 0.1) is 10.8 Å². The van der Waals surface area contributed by atoms with Crippen LogP contribution in [0.3, 0.4) is 0 Å². The zero-order valence-corrected chi connectivity index (χ0v) is 34.6. The van der Waals surface area contributed by atoms with E-state index in [0.29, 0.717) is 0 Å². The Morgan fingerprint density at radius 3 is 1.03 bits per heavy atom. The van der Waals surface area contributed by atoms with E-state index in [1.54, 1.807) is 0 Å². The molecule has 1 heteroatoms. The molecule has 0 aliphatic heterocycles. The van der Waals surface area contributed by atoms with Crippen molar-refractivity contribution in [3.05, 3.63) is 293 Å². The van der Waals surface area contributed by atoms with Gasteiger partial charge in [-0.3, -0.25) is 0 Å². The van der Waals surface area contributed by atoms with Crippen LogP contribution in [-0.4, -0.2) is 0 Å². The Labute approximate surface area is 368 Å². The van der Waals surface area contributed by atoms with Gasteiger partial charge in [-0.05, 0) is 125 Å². The molecular formula is C62H41N. The minimum absolute atomic E-state index is 0.407. The van der Waals surface area contributed by atoms with E-state index in [-0.39, 0.29) is 0 Å². The third-order valence-electron chi connectivity index (χ3n) is 14.2. The summed E-state index contributed by atoms with van der Waals surface area (Å²) in [5.74, 6) is 0. The third-order valence-corrected chi connectivity index (χ3v) is 14.2. The third kappa shape index (κ3) is 4.94. The van der Waals surface area contributed by atoms with Crippen molar-refractivity contribution in [2.45, 2.75) is 10.8 Å². The van der Waals surface area contributed by atoms with Gasteiger partial charge in [0, 0.05) is 17.1 Å². The van der Waals surface area contributed by atoms with Gasteiger partial charge < -0.3 is 4.90 Å². The predicted molar refractivity (Wildman–Crippen MR) is 260 cm³/mol. The van der Waals surface area contributed by atoms with Crippen molar-refractivity contribution in [1.82, 2.24) is 0 Å². The Bertz CT molecular complexity index is 3270. The maximum atomic E-state index is 2.47. The van der Waals surface area contributed by atoms with E-state index in [9.17, 15) is 0 Å². The molecule has 0 bridgehead atoms. The van der Waals surface area contributed by atoms with Gasteiger partial charge in [0.15, 0.2) is 0 Å². The number of fused-ring (bicyclic) bond motifs is 13. The van der Waals surface area contributed by atoms with Gasteiger partial charge in [0.25, 0.3) is 0 Å². The summed E-state index contributed by atoms with van der Waals surface area (Å²) >= 11 is 0. The molecule has 10 aromatic rings. The molecule has 0 unspecified atom stereocenters. The number of hydrogen-bond acceptors (Lipinski definition) is 1. The minimum atomic E-state index is -0.411. The maximum Gasteiger partial charge on any atom is 0.0726 e. The molecule has 0 atom stereocenters. The lowest BCUT2D eigenvalue weighted by Crippen LogP contribution is -2.28. The summed E-state index contributed by atoms with van der Waals surface area (Å²) in [5.41, 5.74) is 23.4. The number of anilines is 3. The second-order valence-electron chi connectivity index (χ2n) is 17.1. The first kappa shape index (κ1) is 35.7. The van der Waals surface area contributed by atoms with Gasteiger partial charge in [0.1, 0.15) is 0 Å². The number of rotatable bonds is 6. The highest BCUT2D eigenvalue weighted by atomic mass is 15.1. The highest BCUT2D eigenvalue weighted by Crippen LogP contribution is 2.63. The van der Waals surface area contributed by atoms with Crippen molar-refractivity contribution in [1.29, 1.82) is 0 Å². The van der Waals surface area contributed by atoms with Crippen molar-refractivity contribution in [3.8, 4) is 44.5 Å². The van der Waals surface area contributed by atoms with Gasteiger partial charge in [-0.15, -0.1) is 0 Å². The number of hydrogen-bond donors (Lipinski definition) is 0. The Kier molecular flexibility index (Phi) is 7.80. The largest absolute Gasteiger partial charge is 0.310 e. The number of benzene rings is 10. The molecule has 0 saturated heterocycles. The van der Waals surface area contributed by atoms with Gasteiger partial charge in [-0.1, -0.05) is 212 Å². The van der Waals surface area contributed by atoms with Crippen LogP contribution in [0.5, 0.6) is 0 Å². The molecule has 0 saturated carbocycles. The van der Waals surface area contributed by atoms with Gasteiger partial charge in [0.2, 0.25) is 0 Å². The van der Waals surface area contributed by atoms with Gasteiger partial charge in [-0.2, -0.15) is 0 Å². The fourth-order valence-corrected chi connectivity index (χ4v) is 11.7. The van der Waals surface area contributed by atoms with E-state index in [0.717, 1.165) is 17.1 Å². The molecule has 13 rings (SSSR count). The molecule has 1 nitrogen and oxygen atoms in total. The average Bonchev–Trinajstić information content (AvgIpc) is 3.95. The van der Waals surface area contributed by atoms with Crippen LogP contribution in [0.4, 0.5) is 17.1 Å². The lowest BCUT2D eigenvalue weighted by Gasteiger charge is -2.34. The molecule has 0 N–H and O–H groups in total. The van der Waals surface area contributed by atoms with Gasteiger partial charge >= 0.3 is 0 Å². The molecule has 3 aliphatic rings. The van der Waals surface area contributed by atoms with E-state index in [2.05, 4.69) is 254 Å². The monoisotopic (exact) mass is 799 g/mol. The molecule has 3 aliphatic carbocycles. The molecule has 0 fully saturated rings. The fraction of sp³-hybridized carbons (Fsp3) is 0.0323. The Morgan fingerprint density at radius 2 is 0.556 bits per heavy atom. The van der Waals surface area contributed by atoms with Crippen molar-refractivity contribution in [3.63, 3.8) is 0 Å². The first-order chi connectivity index (χ1) is 31.3. The fourth-order valence-electron chi connectivity index (χ4n) is 11.7. The van der Waals surface area contributed by atoms with Crippen LogP contribution in [0.25, 0.3) is 44.5 Å². The lowest BCUT2D eigenvalue weighted by molar-refractivity contribution is 0.768. The van der Waals surface area contributed by atoms with Crippen LogP contribution in [0.1, 0.15) is 44.5 Å². The van der Waals surface area contributed by atoms with Crippen LogP contribution in [0, 0.1) is 0 Å². The molecule has 294 valence electrons. The maximum absolute atomic E-state index is 2.47. The zero-order chi connectivity index (χ0) is 41.5. The van der Waals surface area contributed by atoms with Crippen LogP contribution in [0.2, 0.25) is 0 Å². The molecule has 0 aromatic heterocycles. The quantitative estimate of drug-likeness (QED) is 0.162. The summed E-state index contributed by atoms with van der Waals surface area (Å²) in [6.07, 6.45) is 0. The summed E-state index contributed by atoms with van der Waals surface area (Å²) in [6.45, 7) is 0. The van der Waals surface area contributed by atoms with Gasteiger partial charge in [-0.25, -0.2) is 0 Å². The summed E-state index contributed by atoms with van der Waals surface area (Å²) < 4.78 is 0. The molecule has 1 spiro atoms. The first-order valence-corrected chi connectivity index (χ1v) is 22.0. The Hall–Kier alpha value is -8.00. The van der Waals surface area contributed by atoms with Crippen molar-refractivity contribution < 1.29 is 0 Å². The van der Waals surface area contributed by atoms with E-state index in [1.807, 2.05) is 0 Å². The molecular weight excluding hydrogens is 759 g/mol. The summed E-state index contributed by atoms with van der Waals surface area (Å²) in [7, 11) is 0. The first-order valence-electron chi connectivity index (χ1n) is 22.0.